The van der Waals surface area contributed by atoms with Gasteiger partial charge in [0.2, 0.25) is 11.8 Å². The minimum atomic E-state index is -0.313. The summed E-state index contributed by atoms with van der Waals surface area (Å²) in [7, 11) is 1.60. The minimum Gasteiger partial charge on any atom is -0.383 e. The second-order valence-electron chi connectivity index (χ2n) is 7.28. The molecule has 0 bridgehead atoms. The van der Waals surface area contributed by atoms with Crippen molar-refractivity contribution in [3.8, 4) is 11.3 Å². The summed E-state index contributed by atoms with van der Waals surface area (Å²) in [4.78, 5) is 28.7. The first-order chi connectivity index (χ1) is 13.6. The zero-order chi connectivity index (χ0) is 19.7. The molecule has 2 aromatic rings. The molecule has 0 saturated carbocycles. The van der Waals surface area contributed by atoms with Crippen LogP contribution in [0.2, 0.25) is 0 Å². The summed E-state index contributed by atoms with van der Waals surface area (Å²) in [5, 5.41) is 7.43. The van der Waals surface area contributed by atoms with Crippen LogP contribution < -0.4 is 0 Å². The van der Waals surface area contributed by atoms with E-state index in [0.717, 1.165) is 22.5 Å². The van der Waals surface area contributed by atoms with Gasteiger partial charge in [0, 0.05) is 63.0 Å². The Morgan fingerprint density at radius 1 is 1.36 bits per heavy atom. The second-order valence-corrected chi connectivity index (χ2v) is 7.28. The van der Waals surface area contributed by atoms with E-state index in [9.17, 15) is 14.0 Å². The number of fused-ring (bicyclic) bond motifs is 1. The van der Waals surface area contributed by atoms with Crippen molar-refractivity contribution < 1.29 is 18.7 Å². The largest absolute Gasteiger partial charge is 0.383 e. The highest BCUT2D eigenvalue weighted by atomic mass is 19.1. The number of methoxy groups -OCH3 is 1. The second kappa shape index (κ2) is 7.71. The number of benzene rings is 1. The Labute approximate surface area is 162 Å². The number of aromatic nitrogens is 2. The zero-order valence-corrected chi connectivity index (χ0v) is 15.8. The number of nitrogens with zero attached hydrogens (tertiary/aromatic N) is 3. The van der Waals surface area contributed by atoms with E-state index < -0.39 is 0 Å². The number of nitrogens with one attached hydrogen (secondary N) is 1. The SMILES string of the molecule is COCCN1CC(C(=O)N2CCc3[nH]nc(-c4ccc(F)cc4)c3C2)CC1=O. The maximum absolute atomic E-state index is 13.2. The minimum absolute atomic E-state index is 0.00316. The molecule has 1 aromatic heterocycles. The van der Waals surface area contributed by atoms with Crippen LogP contribution in [0.25, 0.3) is 11.3 Å². The van der Waals surface area contributed by atoms with E-state index in [1.807, 2.05) is 4.90 Å². The third kappa shape index (κ3) is 3.52. The first kappa shape index (κ1) is 18.6. The Kier molecular flexibility index (Phi) is 5.13. The van der Waals surface area contributed by atoms with Gasteiger partial charge in [-0.25, -0.2) is 4.39 Å². The van der Waals surface area contributed by atoms with Gasteiger partial charge in [-0.15, -0.1) is 0 Å². The fourth-order valence-corrected chi connectivity index (χ4v) is 3.94. The van der Waals surface area contributed by atoms with Crippen molar-refractivity contribution in [3.63, 3.8) is 0 Å². The summed E-state index contributed by atoms with van der Waals surface area (Å²) in [5.41, 5.74) is 3.53. The Morgan fingerprint density at radius 3 is 2.89 bits per heavy atom. The van der Waals surface area contributed by atoms with Gasteiger partial charge < -0.3 is 14.5 Å². The maximum Gasteiger partial charge on any atom is 0.228 e. The van der Waals surface area contributed by atoms with Gasteiger partial charge >= 0.3 is 0 Å². The molecule has 2 aliphatic heterocycles. The van der Waals surface area contributed by atoms with Gasteiger partial charge in [0.1, 0.15) is 5.82 Å². The molecule has 1 N–H and O–H groups in total. The lowest BCUT2D eigenvalue weighted by atomic mass is 9.99. The van der Waals surface area contributed by atoms with Gasteiger partial charge in [-0.3, -0.25) is 14.7 Å². The normalized spacial score (nSPS) is 19.2. The van der Waals surface area contributed by atoms with Crippen LogP contribution in [0.1, 0.15) is 17.7 Å². The van der Waals surface area contributed by atoms with E-state index in [4.69, 9.17) is 4.74 Å². The Hall–Kier alpha value is -2.74. The van der Waals surface area contributed by atoms with E-state index in [-0.39, 0.29) is 30.0 Å². The van der Waals surface area contributed by atoms with E-state index in [2.05, 4.69) is 10.2 Å². The van der Waals surface area contributed by atoms with Crippen molar-refractivity contribution in [1.82, 2.24) is 20.0 Å². The predicted octanol–water partition coefficient (Wildman–Crippen LogP) is 1.60. The summed E-state index contributed by atoms with van der Waals surface area (Å²) in [6.45, 7) is 2.47. The monoisotopic (exact) mass is 386 g/mol. The summed E-state index contributed by atoms with van der Waals surface area (Å²) in [6, 6.07) is 6.19. The van der Waals surface area contributed by atoms with Crippen molar-refractivity contribution in [3.05, 3.63) is 41.3 Å². The fourth-order valence-electron chi connectivity index (χ4n) is 3.94. The van der Waals surface area contributed by atoms with Gasteiger partial charge in [-0.1, -0.05) is 0 Å². The molecule has 0 radical (unpaired) electrons. The van der Waals surface area contributed by atoms with Crippen molar-refractivity contribution in [2.45, 2.75) is 19.4 Å². The van der Waals surface area contributed by atoms with E-state index >= 15 is 0 Å². The molecule has 7 nitrogen and oxygen atoms in total. The number of likely N-dealkylation sites (tertiary alicyclic amines) is 1. The molecule has 1 unspecified atom stereocenters. The van der Waals surface area contributed by atoms with Gasteiger partial charge in [0.05, 0.1) is 18.2 Å². The molecule has 0 aliphatic carbocycles. The predicted molar refractivity (Wildman–Crippen MR) is 99.7 cm³/mol. The van der Waals surface area contributed by atoms with Crippen LogP contribution in [-0.4, -0.2) is 65.2 Å². The lowest BCUT2D eigenvalue weighted by Crippen LogP contribution is -2.40. The van der Waals surface area contributed by atoms with Crippen molar-refractivity contribution in [1.29, 1.82) is 0 Å². The van der Waals surface area contributed by atoms with E-state index in [1.165, 1.54) is 12.1 Å². The number of rotatable bonds is 5. The maximum atomic E-state index is 13.2. The van der Waals surface area contributed by atoms with Gasteiger partial charge in [-0.2, -0.15) is 5.10 Å². The molecule has 1 saturated heterocycles. The molecule has 2 amide bonds. The Bertz CT molecular complexity index is 880. The average molecular weight is 386 g/mol. The highest BCUT2D eigenvalue weighted by Gasteiger charge is 2.37. The zero-order valence-electron chi connectivity index (χ0n) is 15.8. The van der Waals surface area contributed by atoms with Crippen LogP contribution in [0.3, 0.4) is 0 Å². The Balaban J connectivity index is 1.48. The van der Waals surface area contributed by atoms with Gasteiger partial charge in [-0.05, 0) is 24.3 Å². The van der Waals surface area contributed by atoms with Crippen LogP contribution in [0.5, 0.6) is 0 Å². The lowest BCUT2D eigenvalue weighted by molar-refractivity contribution is -0.136. The number of amides is 2. The standard InChI is InChI=1S/C20H23FN4O3/c1-28-9-8-24-11-14(10-18(24)26)20(27)25-7-6-17-16(12-25)19(23-22-17)13-2-4-15(21)5-3-13/h2-5,14H,6-12H2,1H3,(H,22,23). The number of carbonyl (C=O) groups excluding carboxylic acids is 2. The molecule has 3 heterocycles. The number of halogens is 1. The number of H-pyrrole nitrogens is 1. The molecule has 1 aromatic carbocycles. The molecule has 8 heteroatoms. The quantitative estimate of drug-likeness (QED) is 0.847. The molecule has 0 spiro atoms. The molecule has 148 valence electrons. The third-order valence-electron chi connectivity index (χ3n) is 5.49. The molecule has 1 fully saturated rings. The first-order valence-corrected chi connectivity index (χ1v) is 9.44. The molecular weight excluding hydrogens is 363 g/mol. The topological polar surface area (TPSA) is 78.5 Å². The number of carbonyl (C=O) groups is 2. The van der Waals surface area contributed by atoms with Crippen molar-refractivity contribution in [2.75, 3.05) is 33.4 Å². The molecule has 1 atom stereocenters. The number of hydrogen-bond donors (Lipinski definition) is 1. The number of aromatic amines is 1. The van der Waals surface area contributed by atoms with E-state index in [1.54, 1.807) is 24.1 Å². The van der Waals surface area contributed by atoms with Gasteiger partial charge in [0.25, 0.3) is 0 Å². The highest BCUT2D eigenvalue weighted by molar-refractivity contribution is 5.89. The van der Waals surface area contributed by atoms with Gasteiger partial charge in [0.15, 0.2) is 0 Å². The molecule has 4 rings (SSSR count). The Morgan fingerprint density at radius 2 is 2.14 bits per heavy atom. The summed E-state index contributed by atoms with van der Waals surface area (Å²) >= 11 is 0. The highest BCUT2D eigenvalue weighted by Crippen LogP contribution is 2.30. The number of hydrogen-bond acceptors (Lipinski definition) is 4. The molecule has 2 aliphatic rings. The van der Waals surface area contributed by atoms with Crippen molar-refractivity contribution in [2.24, 2.45) is 5.92 Å². The molecular formula is C20H23FN4O3. The van der Waals surface area contributed by atoms with Crippen LogP contribution in [0.15, 0.2) is 24.3 Å². The molecule has 28 heavy (non-hydrogen) atoms. The first-order valence-electron chi connectivity index (χ1n) is 9.44. The lowest BCUT2D eigenvalue weighted by Gasteiger charge is -2.29. The number of ether oxygens (including phenoxy) is 1. The van der Waals surface area contributed by atoms with Crippen molar-refractivity contribution >= 4 is 11.8 Å². The van der Waals surface area contributed by atoms with Crippen LogP contribution in [-0.2, 0) is 27.3 Å². The van der Waals surface area contributed by atoms with E-state index in [0.29, 0.717) is 39.2 Å². The van der Waals surface area contributed by atoms with Crippen LogP contribution in [0.4, 0.5) is 4.39 Å². The smallest absolute Gasteiger partial charge is 0.228 e. The summed E-state index contributed by atoms with van der Waals surface area (Å²) in [5.74, 6) is -0.602. The fraction of sp³-hybridized carbons (Fsp3) is 0.450. The summed E-state index contributed by atoms with van der Waals surface area (Å²) < 4.78 is 18.3. The average Bonchev–Trinajstić information content (AvgIpc) is 3.29. The summed E-state index contributed by atoms with van der Waals surface area (Å²) in [6.07, 6.45) is 0.936. The third-order valence-corrected chi connectivity index (χ3v) is 5.49. The van der Waals surface area contributed by atoms with Crippen LogP contribution >= 0.6 is 0 Å². The van der Waals surface area contributed by atoms with Crippen LogP contribution in [0, 0.1) is 11.7 Å².